The van der Waals surface area contributed by atoms with E-state index in [-0.39, 0.29) is 5.91 Å². The quantitative estimate of drug-likeness (QED) is 0.764. The highest BCUT2D eigenvalue weighted by Crippen LogP contribution is 2.14. The van der Waals surface area contributed by atoms with Crippen LogP contribution in [0.3, 0.4) is 0 Å². The zero-order valence-corrected chi connectivity index (χ0v) is 15.5. The molecule has 2 aromatic rings. The smallest absolute Gasteiger partial charge is 0.289 e. The monoisotopic (exact) mass is 356 g/mol. The van der Waals surface area contributed by atoms with Gasteiger partial charge in [-0.05, 0) is 50.0 Å². The van der Waals surface area contributed by atoms with Crippen molar-refractivity contribution in [3.8, 4) is 0 Å². The van der Waals surface area contributed by atoms with Gasteiger partial charge < -0.3 is 19.0 Å². The lowest BCUT2D eigenvalue weighted by Crippen LogP contribution is -2.35. The molecule has 2 heterocycles. The van der Waals surface area contributed by atoms with Crippen LogP contribution in [0.1, 0.15) is 34.7 Å². The van der Waals surface area contributed by atoms with E-state index < -0.39 is 0 Å². The van der Waals surface area contributed by atoms with E-state index in [4.69, 9.17) is 9.15 Å². The Morgan fingerprint density at radius 3 is 2.73 bits per heavy atom. The maximum atomic E-state index is 12.6. The molecule has 1 aromatic carbocycles. The van der Waals surface area contributed by atoms with Gasteiger partial charge in [0.25, 0.3) is 5.91 Å². The Morgan fingerprint density at radius 1 is 1.08 bits per heavy atom. The molecular formula is C21H28N2O3. The molecule has 1 fully saturated rings. The van der Waals surface area contributed by atoms with Crippen molar-refractivity contribution in [1.82, 2.24) is 9.80 Å². The highest BCUT2D eigenvalue weighted by Gasteiger charge is 2.22. The predicted octanol–water partition coefficient (Wildman–Crippen LogP) is 3.21. The fraction of sp³-hybridized carbons (Fsp3) is 0.476. The second-order valence-electron chi connectivity index (χ2n) is 6.78. The van der Waals surface area contributed by atoms with Crippen LogP contribution in [-0.4, -0.2) is 55.5 Å². The van der Waals surface area contributed by atoms with Crippen molar-refractivity contribution in [2.24, 2.45) is 0 Å². The van der Waals surface area contributed by atoms with E-state index in [2.05, 4.69) is 35.2 Å². The highest BCUT2D eigenvalue weighted by molar-refractivity contribution is 5.91. The number of carbonyl (C=O) groups is 1. The van der Waals surface area contributed by atoms with E-state index in [9.17, 15) is 4.79 Å². The van der Waals surface area contributed by atoms with Crippen LogP contribution in [0.5, 0.6) is 0 Å². The van der Waals surface area contributed by atoms with Gasteiger partial charge in [-0.1, -0.05) is 30.3 Å². The molecule has 140 valence electrons. The third-order valence-electron chi connectivity index (χ3n) is 4.82. The van der Waals surface area contributed by atoms with Gasteiger partial charge in [0, 0.05) is 26.7 Å². The number of hydrogen-bond acceptors (Lipinski definition) is 4. The molecule has 26 heavy (non-hydrogen) atoms. The molecular weight excluding hydrogens is 328 g/mol. The normalized spacial score (nSPS) is 15.8. The molecule has 5 nitrogen and oxygen atoms in total. The topological polar surface area (TPSA) is 45.9 Å². The number of furan rings is 1. The number of aryl methyl sites for hydroxylation is 1. The van der Waals surface area contributed by atoms with Crippen LogP contribution in [0, 0.1) is 0 Å². The van der Waals surface area contributed by atoms with Gasteiger partial charge >= 0.3 is 0 Å². The summed E-state index contributed by atoms with van der Waals surface area (Å²) >= 11 is 0. The van der Waals surface area contributed by atoms with E-state index in [0.717, 1.165) is 52.0 Å². The first-order chi connectivity index (χ1) is 12.8. The van der Waals surface area contributed by atoms with E-state index in [1.54, 1.807) is 13.2 Å². The summed E-state index contributed by atoms with van der Waals surface area (Å²) in [5.74, 6) is 1.08. The summed E-state index contributed by atoms with van der Waals surface area (Å²) in [6.45, 7) is 4.98. The first-order valence-electron chi connectivity index (χ1n) is 9.39. The molecule has 0 saturated carbocycles. The lowest BCUT2D eigenvalue weighted by molar-refractivity contribution is 0.0721. The Bertz CT molecular complexity index is 684. The van der Waals surface area contributed by atoms with E-state index >= 15 is 0 Å². The molecule has 1 amide bonds. The van der Waals surface area contributed by atoms with Gasteiger partial charge in [-0.3, -0.25) is 4.79 Å². The molecule has 1 aliphatic rings. The second-order valence-corrected chi connectivity index (χ2v) is 6.78. The summed E-state index contributed by atoms with van der Waals surface area (Å²) in [5.41, 5.74) is 1.39. The van der Waals surface area contributed by atoms with E-state index in [1.807, 2.05) is 11.0 Å². The maximum absolute atomic E-state index is 12.6. The third-order valence-corrected chi connectivity index (χ3v) is 4.82. The number of nitrogens with zero attached hydrogens (tertiary/aromatic N) is 2. The minimum Gasteiger partial charge on any atom is -0.453 e. The van der Waals surface area contributed by atoms with Crippen LogP contribution in [0.25, 0.3) is 0 Å². The van der Waals surface area contributed by atoms with Gasteiger partial charge in [-0.2, -0.15) is 0 Å². The van der Waals surface area contributed by atoms with Gasteiger partial charge in [0.2, 0.25) is 0 Å². The number of ether oxygens (including phenoxy) is 1. The molecule has 0 spiro atoms. The second kappa shape index (κ2) is 9.55. The molecule has 0 N–H and O–H groups in total. The molecule has 1 saturated heterocycles. The van der Waals surface area contributed by atoms with E-state index in [1.165, 1.54) is 5.56 Å². The predicted molar refractivity (Wildman–Crippen MR) is 101 cm³/mol. The maximum Gasteiger partial charge on any atom is 0.289 e. The van der Waals surface area contributed by atoms with Crippen molar-refractivity contribution >= 4 is 5.91 Å². The number of methoxy groups -OCH3 is 1. The Morgan fingerprint density at radius 2 is 1.92 bits per heavy atom. The lowest BCUT2D eigenvalue weighted by atomic mass is 10.1. The molecule has 0 aliphatic carbocycles. The van der Waals surface area contributed by atoms with E-state index in [0.29, 0.717) is 18.1 Å². The minimum absolute atomic E-state index is 0.0153. The average Bonchev–Trinajstić information content (AvgIpc) is 3.00. The number of amides is 1. The van der Waals surface area contributed by atoms with Crippen molar-refractivity contribution in [2.45, 2.75) is 25.9 Å². The summed E-state index contributed by atoms with van der Waals surface area (Å²) in [5, 5.41) is 0. The highest BCUT2D eigenvalue weighted by atomic mass is 16.5. The zero-order valence-electron chi connectivity index (χ0n) is 15.5. The van der Waals surface area contributed by atoms with Crippen LogP contribution >= 0.6 is 0 Å². The molecule has 0 bridgehead atoms. The van der Waals surface area contributed by atoms with Crippen LogP contribution < -0.4 is 0 Å². The number of carbonyl (C=O) groups excluding carboxylic acids is 1. The van der Waals surface area contributed by atoms with Crippen LogP contribution in [0.2, 0.25) is 0 Å². The minimum atomic E-state index is -0.0153. The Hall–Kier alpha value is -2.11. The number of benzene rings is 1. The number of rotatable bonds is 7. The number of hydrogen-bond donors (Lipinski definition) is 0. The fourth-order valence-electron chi connectivity index (χ4n) is 3.42. The van der Waals surface area contributed by atoms with Crippen molar-refractivity contribution in [1.29, 1.82) is 0 Å². The summed E-state index contributed by atoms with van der Waals surface area (Å²) in [7, 11) is 1.62. The van der Waals surface area contributed by atoms with Crippen LogP contribution in [0.15, 0.2) is 46.9 Å². The summed E-state index contributed by atoms with van der Waals surface area (Å²) in [4.78, 5) is 17.0. The first kappa shape index (κ1) is 18.7. The van der Waals surface area contributed by atoms with Gasteiger partial charge in [0.15, 0.2) is 5.76 Å². The largest absolute Gasteiger partial charge is 0.453 e. The SMILES string of the molecule is COCc1ccc(C(=O)N2CCCN(CCCc3ccccc3)CC2)o1. The molecule has 1 aromatic heterocycles. The molecule has 5 heteroatoms. The van der Waals surface area contributed by atoms with Crippen LogP contribution in [-0.2, 0) is 17.8 Å². The van der Waals surface area contributed by atoms with Crippen LogP contribution in [0.4, 0.5) is 0 Å². The van der Waals surface area contributed by atoms with Gasteiger partial charge in [-0.25, -0.2) is 0 Å². The lowest BCUT2D eigenvalue weighted by Gasteiger charge is -2.21. The molecule has 1 aliphatic heterocycles. The standard InChI is InChI=1S/C21H28N2O3/c1-25-17-19-10-11-20(26-19)21(24)23-14-6-13-22(15-16-23)12-5-9-18-7-3-2-4-8-18/h2-4,7-8,10-11H,5-6,9,12-17H2,1H3. The van der Waals surface area contributed by atoms with Crippen molar-refractivity contribution in [2.75, 3.05) is 39.8 Å². The summed E-state index contributed by atoms with van der Waals surface area (Å²) in [6.07, 6.45) is 3.26. The van der Waals surface area contributed by atoms with Crippen molar-refractivity contribution in [3.05, 3.63) is 59.5 Å². The average molecular weight is 356 g/mol. The summed E-state index contributed by atoms with van der Waals surface area (Å²) in [6, 6.07) is 14.2. The van der Waals surface area contributed by atoms with Gasteiger partial charge in [0.1, 0.15) is 12.4 Å². The Balaban J connectivity index is 1.45. The Kier molecular flexibility index (Phi) is 6.86. The molecule has 0 unspecified atom stereocenters. The third kappa shape index (κ3) is 5.19. The van der Waals surface area contributed by atoms with Gasteiger partial charge in [-0.15, -0.1) is 0 Å². The Labute approximate surface area is 155 Å². The van der Waals surface area contributed by atoms with Gasteiger partial charge in [0.05, 0.1) is 0 Å². The molecule has 0 atom stereocenters. The molecule has 0 radical (unpaired) electrons. The van der Waals surface area contributed by atoms with Crippen molar-refractivity contribution in [3.63, 3.8) is 0 Å². The van der Waals surface area contributed by atoms with Crippen molar-refractivity contribution < 1.29 is 13.9 Å². The zero-order chi connectivity index (χ0) is 18.2. The fourth-order valence-corrected chi connectivity index (χ4v) is 3.42. The summed E-state index contributed by atoms with van der Waals surface area (Å²) < 4.78 is 10.6. The first-order valence-corrected chi connectivity index (χ1v) is 9.39. The molecule has 3 rings (SSSR count).